The number of hydrogen-bond acceptors (Lipinski definition) is 5. The van der Waals surface area contributed by atoms with Crippen LogP contribution in [0.25, 0.3) is 0 Å². The highest BCUT2D eigenvalue weighted by atomic mass is 16.6. The summed E-state index contributed by atoms with van der Waals surface area (Å²) in [6, 6.07) is 3.39. The quantitative estimate of drug-likeness (QED) is 0.594. The van der Waals surface area contributed by atoms with Crippen molar-refractivity contribution < 1.29 is 9.66 Å². The van der Waals surface area contributed by atoms with E-state index in [0.717, 1.165) is 32.4 Å². The second-order valence-electron chi connectivity index (χ2n) is 4.73. The smallest absolute Gasteiger partial charge is 0.385 e. The van der Waals surface area contributed by atoms with Crippen molar-refractivity contribution in [2.45, 2.75) is 19.3 Å². The third-order valence-corrected chi connectivity index (χ3v) is 3.41. The van der Waals surface area contributed by atoms with Gasteiger partial charge in [-0.05, 0) is 46.7 Å². The number of aromatic nitrogens is 1. The summed E-state index contributed by atoms with van der Waals surface area (Å²) in [6.45, 7) is 1.47. The summed E-state index contributed by atoms with van der Waals surface area (Å²) in [5.41, 5.74) is 0.742. The van der Waals surface area contributed by atoms with Crippen LogP contribution in [0.1, 0.15) is 19.3 Å². The van der Waals surface area contributed by atoms with Crippen molar-refractivity contribution in [2.24, 2.45) is 5.41 Å². The first-order chi connectivity index (χ1) is 8.67. The molecule has 1 saturated carbocycles. The third kappa shape index (κ3) is 2.95. The lowest BCUT2D eigenvalue weighted by Gasteiger charge is -2.15. The molecule has 18 heavy (non-hydrogen) atoms. The number of nitrogens with zero attached hydrogens (tertiary/aromatic N) is 2. The first-order valence-electron chi connectivity index (χ1n) is 5.99. The number of nitrogens with one attached hydrogen (secondary N) is 1. The van der Waals surface area contributed by atoms with Gasteiger partial charge in [0.1, 0.15) is 11.9 Å². The fourth-order valence-corrected chi connectivity index (χ4v) is 1.97. The van der Waals surface area contributed by atoms with Crippen molar-refractivity contribution in [3.8, 4) is 0 Å². The molecule has 1 heterocycles. The van der Waals surface area contributed by atoms with Gasteiger partial charge < -0.3 is 20.2 Å². The molecule has 0 spiro atoms. The topological polar surface area (TPSA) is 77.3 Å². The average molecular weight is 251 g/mol. The molecule has 2 rings (SSSR count). The number of anilines is 1. The Labute approximate surface area is 106 Å². The fraction of sp³-hybridized carbons (Fsp3) is 0.583. The average Bonchev–Trinajstić information content (AvgIpc) is 3.15. The summed E-state index contributed by atoms with van der Waals surface area (Å²) < 4.78 is 5.08. The van der Waals surface area contributed by atoms with Gasteiger partial charge in [-0.2, -0.15) is 0 Å². The predicted molar refractivity (Wildman–Crippen MR) is 67.5 cm³/mol. The Bertz CT molecular complexity index is 432. The zero-order valence-electron chi connectivity index (χ0n) is 10.4. The Morgan fingerprint density at radius 3 is 3.00 bits per heavy atom. The molecule has 1 aromatic heterocycles. The van der Waals surface area contributed by atoms with Crippen LogP contribution in [0.4, 0.5) is 11.5 Å². The molecular weight excluding hydrogens is 234 g/mol. The van der Waals surface area contributed by atoms with Crippen LogP contribution in [-0.4, -0.2) is 30.2 Å². The lowest BCUT2D eigenvalue weighted by atomic mass is 10.0. The molecular formula is C12H17N3O3. The maximum absolute atomic E-state index is 10.8. The summed E-state index contributed by atoms with van der Waals surface area (Å²) in [4.78, 5) is 14.1. The van der Waals surface area contributed by atoms with Crippen LogP contribution in [0.2, 0.25) is 0 Å². The summed E-state index contributed by atoms with van der Waals surface area (Å²) >= 11 is 0. The first kappa shape index (κ1) is 12.8. The molecule has 0 bridgehead atoms. The predicted octanol–water partition coefficient (Wildman–Crippen LogP) is 2.22. The maximum Gasteiger partial charge on any atom is 0.386 e. The maximum atomic E-state index is 10.8. The van der Waals surface area contributed by atoms with Gasteiger partial charge in [0.2, 0.25) is 0 Å². The van der Waals surface area contributed by atoms with Crippen molar-refractivity contribution in [3.05, 3.63) is 28.4 Å². The van der Waals surface area contributed by atoms with Crippen molar-refractivity contribution in [3.63, 3.8) is 0 Å². The number of rotatable bonds is 7. The van der Waals surface area contributed by atoms with Gasteiger partial charge >= 0.3 is 5.82 Å². The van der Waals surface area contributed by atoms with E-state index in [4.69, 9.17) is 4.74 Å². The zero-order valence-corrected chi connectivity index (χ0v) is 10.4. The Kier molecular flexibility index (Phi) is 3.76. The molecule has 0 atom stereocenters. The summed E-state index contributed by atoms with van der Waals surface area (Å²) in [5.74, 6) is -0.111. The van der Waals surface area contributed by atoms with E-state index in [1.165, 1.54) is 6.20 Å². The van der Waals surface area contributed by atoms with E-state index < -0.39 is 4.92 Å². The highest BCUT2D eigenvalue weighted by molar-refractivity contribution is 5.56. The second kappa shape index (κ2) is 5.30. The van der Waals surface area contributed by atoms with E-state index in [1.807, 2.05) is 0 Å². The number of pyridine rings is 1. The molecule has 1 aliphatic rings. The Morgan fingerprint density at radius 2 is 2.39 bits per heavy atom. The Hall–Kier alpha value is -1.69. The van der Waals surface area contributed by atoms with Gasteiger partial charge in [-0.15, -0.1) is 0 Å². The summed E-state index contributed by atoms with van der Waals surface area (Å²) in [6.07, 6.45) is 4.72. The number of ether oxygens (including phenoxy) is 1. The summed E-state index contributed by atoms with van der Waals surface area (Å²) in [5, 5.41) is 14.0. The monoisotopic (exact) mass is 251 g/mol. The Morgan fingerprint density at radius 1 is 1.61 bits per heavy atom. The van der Waals surface area contributed by atoms with E-state index in [1.54, 1.807) is 19.2 Å². The number of nitro groups is 1. The highest BCUT2D eigenvalue weighted by Crippen LogP contribution is 2.48. The molecule has 1 aromatic rings. The molecule has 1 N–H and O–H groups in total. The number of methoxy groups -OCH3 is 1. The minimum atomic E-state index is -0.461. The van der Waals surface area contributed by atoms with E-state index >= 15 is 0 Å². The van der Waals surface area contributed by atoms with Crippen LogP contribution in [0, 0.1) is 15.5 Å². The fourth-order valence-electron chi connectivity index (χ4n) is 1.97. The van der Waals surface area contributed by atoms with E-state index in [-0.39, 0.29) is 11.2 Å². The van der Waals surface area contributed by atoms with Crippen LogP contribution in [0.5, 0.6) is 0 Å². The SMILES string of the molecule is COCCC1(CNc2cccnc2[N+](=O)[O-])CC1. The second-order valence-corrected chi connectivity index (χ2v) is 4.73. The third-order valence-electron chi connectivity index (χ3n) is 3.41. The van der Waals surface area contributed by atoms with Crippen LogP contribution < -0.4 is 5.32 Å². The van der Waals surface area contributed by atoms with Gasteiger partial charge in [0, 0.05) is 20.3 Å². The molecule has 1 aliphatic carbocycles. The van der Waals surface area contributed by atoms with Crippen LogP contribution in [-0.2, 0) is 4.74 Å². The first-order valence-corrected chi connectivity index (χ1v) is 5.99. The molecule has 0 saturated heterocycles. The number of hydrogen-bond donors (Lipinski definition) is 1. The zero-order chi connectivity index (χ0) is 13.0. The molecule has 0 aromatic carbocycles. The molecule has 0 aliphatic heterocycles. The highest BCUT2D eigenvalue weighted by Gasteiger charge is 2.42. The van der Waals surface area contributed by atoms with Crippen LogP contribution in [0.15, 0.2) is 18.3 Å². The van der Waals surface area contributed by atoms with Crippen molar-refractivity contribution >= 4 is 11.5 Å². The van der Waals surface area contributed by atoms with E-state index in [0.29, 0.717) is 5.69 Å². The minimum absolute atomic E-state index is 0.111. The van der Waals surface area contributed by atoms with Gasteiger partial charge in [0.25, 0.3) is 0 Å². The van der Waals surface area contributed by atoms with Gasteiger partial charge in [-0.25, -0.2) is 0 Å². The van der Waals surface area contributed by atoms with Crippen LogP contribution in [0.3, 0.4) is 0 Å². The van der Waals surface area contributed by atoms with Crippen molar-refractivity contribution in [1.82, 2.24) is 4.98 Å². The minimum Gasteiger partial charge on any atom is -0.385 e. The molecule has 0 amide bonds. The lowest BCUT2D eigenvalue weighted by Crippen LogP contribution is -2.18. The molecule has 98 valence electrons. The van der Waals surface area contributed by atoms with E-state index in [2.05, 4.69) is 10.3 Å². The molecule has 6 nitrogen and oxygen atoms in total. The lowest BCUT2D eigenvalue weighted by molar-refractivity contribution is -0.388. The van der Waals surface area contributed by atoms with Gasteiger partial charge in [0.05, 0.1) is 0 Å². The molecule has 6 heteroatoms. The van der Waals surface area contributed by atoms with Crippen LogP contribution >= 0.6 is 0 Å². The summed E-state index contributed by atoms with van der Waals surface area (Å²) in [7, 11) is 1.69. The Balaban J connectivity index is 1.96. The standard InChI is InChI=1S/C12H17N3O3/c1-18-8-6-12(4-5-12)9-14-10-3-2-7-13-11(10)15(16)17/h2-3,7,14H,4-6,8-9H2,1H3. The molecule has 1 fully saturated rings. The van der Waals surface area contributed by atoms with Crippen molar-refractivity contribution in [2.75, 3.05) is 25.6 Å². The largest absolute Gasteiger partial charge is 0.386 e. The van der Waals surface area contributed by atoms with Gasteiger partial charge in [0.15, 0.2) is 0 Å². The molecule has 0 radical (unpaired) electrons. The molecule has 0 unspecified atom stereocenters. The van der Waals surface area contributed by atoms with E-state index in [9.17, 15) is 10.1 Å². The van der Waals surface area contributed by atoms with Gasteiger partial charge in [-0.1, -0.05) is 0 Å². The van der Waals surface area contributed by atoms with Gasteiger partial charge in [-0.3, -0.25) is 0 Å². The normalized spacial score (nSPS) is 16.3. The van der Waals surface area contributed by atoms with Crippen molar-refractivity contribution in [1.29, 1.82) is 0 Å².